The monoisotopic (exact) mass is 369 g/mol. The van der Waals surface area contributed by atoms with Crippen molar-refractivity contribution in [3.8, 4) is 0 Å². The normalized spacial score (nSPS) is 21.2. The number of methoxy groups -OCH3 is 1. The number of ether oxygens (including phenoxy) is 2. The van der Waals surface area contributed by atoms with Crippen LogP contribution in [0.15, 0.2) is 0 Å². The van der Waals surface area contributed by atoms with Crippen molar-refractivity contribution in [2.75, 3.05) is 14.2 Å². The Bertz CT molecular complexity index is 455. The van der Waals surface area contributed by atoms with Gasteiger partial charge < -0.3 is 9.47 Å². The molecule has 0 amide bonds. The van der Waals surface area contributed by atoms with Gasteiger partial charge in [-0.2, -0.15) is 0 Å². The largest absolute Gasteiger partial charge is 0.468 e. The van der Waals surface area contributed by atoms with Crippen LogP contribution in [0.4, 0.5) is 0 Å². The van der Waals surface area contributed by atoms with Gasteiger partial charge in [-0.25, -0.2) is 0 Å². The van der Waals surface area contributed by atoms with Crippen molar-refractivity contribution in [1.82, 2.24) is 4.90 Å². The van der Waals surface area contributed by atoms with Crippen molar-refractivity contribution in [3.05, 3.63) is 0 Å². The Morgan fingerprint density at radius 3 is 2.04 bits per heavy atom. The van der Waals surface area contributed by atoms with Gasteiger partial charge in [-0.05, 0) is 41.2 Å². The minimum absolute atomic E-state index is 0.0619. The lowest BCUT2D eigenvalue weighted by atomic mass is 9.78. The molecular formula is C21H39NO4. The first kappa shape index (κ1) is 22.9. The Hall–Kier alpha value is -1.10. The lowest BCUT2D eigenvalue weighted by molar-refractivity contribution is -0.170. The molecule has 1 rings (SSSR count). The van der Waals surface area contributed by atoms with Gasteiger partial charge in [0, 0.05) is 23.9 Å². The molecule has 0 aromatic heterocycles. The molecule has 1 aliphatic heterocycles. The first-order valence-corrected chi connectivity index (χ1v) is 10.1. The molecule has 0 radical (unpaired) electrons. The van der Waals surface area contributed by atoms with Crippen molar-refractivity contribution < 1.29 is 19.1 Å². The molecule has 1 heterocycles. The molecule has 152 valence electrons. The first-order valence-electron chi connectivity index (χ1n) is 10.1. The first-order chi connectivity index (χ1) is 12.0. The predicted molar refractivity (Wildman–Crippen MR) is 104 cm³/mol. The summed E-state index contributed by atoms with van der Waals surface area (Å²) in [5.74, 6) is -1.70. The molecule has 0 aromatic rings. The average molecular weight is 370 g/mol. The zero-order valence-electron chi connectivity index (χ0n) is 17.9. The van der Waals surface area contributed by atoms with E-state index in [0.29, 0.717) is 6.42 Å². The van der Waals surface area contributed by atoms with Gasteiger partial charge in [-0.3, -0.25) is 14.5 Å². The molecule has 0 N–H and O–H groups in total. The maximum Gasteiger partial charge on any atom is 0.320 e. The number of nitrogens with zero attached hydrogens (tertiary/aromatic N) is 1. The summed E-state index contributed by atoms with van der Waals surface area (Å²) in [7, 11) is 3.45. The second-order valence-corrected chi connectivity index (χ2v) is 8.93. The molecule has 26 heavy (non-hydrogen) atoms. The maximum atomic E-state index is 12.7. The summed E-state index contributed by atoms with van der Waals surface area (Å²) in [6, 6.07) is 0. The second-order valence-electron chi connectivity index (χ2n) is 8.93. The van der Waals surface area contributed by atoms with Gasteiger partial charge in [0.2, 0.25) is 0 Å². The van der Waals surface area contributed by atoms with E-state index in [0.717, 1.165) is 32.1 Å². The second kappa shape index (κ2) is 9.72. The fourth-order valence-corrected chi connectivity index (χ4v) is 4.04. The molecule has 0 aliphatic carbocycles. The third-order valence-electron chi connectivity index (χ3n) is 5.92. The predicted octanol–water partition coefficient (Wildman–Crippen LogP) is 4.33. The summed E-state index contributed by atoms with van der Waals surface area (Å²) < 4.78 is 10.7. The van der Waals surface area contributed by atoms with Crippen LogP contribution in [0.3, 0.4) is 0 Å². The smallest absolute Gasteiger partial charge is 0.320 e. The van der Waals surface area contributed by atoms with Crippen LogP contribution >= 0.6 is 0 Å². The van der Waals surface area contributed by atoms with Crippen LogP contribution in [0.5, 0.6) is 0 Å². The van der Waals surface area contributed by atoms with Gasteiger partial charge in [0.25, 0.3) is 0 Å². The Balaban J connectivity index is 2.69. The summed E-state index contributed by atoms with van der Waals surface area (Å²) in [5, 5.41) is 0. The third-order valence-corrected chi connectivity index (χ3v) is 5.92. The topological polar surface area (TPSA) is 55.8 Å². The van der Waals surface area contributed by atoms with Crippen molar-refractivity contribution in [2.24, 2.45) is 5.92 Å². The third kappa shape index (κ3) is 6.26. The lowest BCUT2D eigenvalue weighted by Gasteiger charge is -2.53. The Morgan fingerprint density at radius 1 is 1.00 bits per heavy atom. The van der Waals surface area contributed by atoms with E-state index in [2.05, 4.69) is 46.6 Å². The van der Waals surface area contributed by atoms with E-state index >= 15 is 0 Å². The molecule has 1 unspecified atom stereocenters. The van der Waals surface area contributed by atoms with Crippen LogP contribution < -0.4 is 0 Å². The fourth-order valence-electron chi connectivity index (χ4n) is 4.04. The summed E-state index contributed by atoms with van der Waals surface area (Å²) in [6.07, 6.45) is 7.24. The van der Waals surface area contributed by atoms with Crippen LogP contribution in [-0.2, 0) is 19.1 Å². The van der Waals surface area contributed by atoms with E-state index < -0.39 is 17.9 Å². The summed E-state index contributed by atoms with van der Waals surface area (Å²) >= 11 is 0. The van der Waals surface area contributed by atoms with Crippen molar-refractivity contribution in [2.45, 2.75) is 103 Å². The fraction of sp³-hybridized carbons (Fsp3) is 0.905. The van der Waals surface area contributed by atoms with E-state index in [1.165, 1.54) is 20.0 Å². The molecule has 0 aromatic carbocycles. The Kier molecular flexibility index (Phi) is 8.58. The number of hydrogen-bond donors (Lipinski definition) is 0. The number of esters is 2. The van der Waals surface area contributed by atoms with Crippen LogP contribution in [0.2, 0.25) is 0 Å². The van der Waals surface area contributed by atoms with Crippen molar-refractivity contribution in [1.29, 1.82) is 0 Å². The molecule has 0 spiro atoms. The number of likely N-dealkylation sites (tertiary alicyclic amines) is 1. The van der Waals surface area contributed by atoms with Gasteiger partial charge in [-0.15, -0.1) is 0 Å². The molecule has 5 heteroatoms. The number of rotatable bonds is 9. The van der Waals surface area contributed by atoms with Gasteiger partial charge in [0.05, 0.1) is 7.11 Å². The average Bonchev–Trinajstić information content (AvgIpc) is 2.54. The molecule has 1 atom stereocenters. The standard InChI is InChI=1S/C21H39NO4/c1-8-9-10-11-12-13-17(18(23)25-7)19(24)26-16-14-20(2,3)22(6)21(4,5)15-16/h16-17H,8-15H2,1-7H3. The van der Waals surface area contributed by atoms with Crippen LogP contribution in [0.1, 0.15) is 86.0 Å². The van der Waals surface area contributed by atoms with E-state index in [-0.39, 0.29) is 17.2 Å². The number of hydrogen-bond acceptors (Lipinski definition) is 5. The SMILES string of the molecule is CCCCCCCC(C(=O)OC)C(=O)OC1CC(C)(C)N(C)C(C)(C)C1. The highest BCUT2D eigenvalue weighted by molar-refractivity contribution is 5.94. The Morgan fingerprint density at radius 2 is 1.54 bits per heavy atom. The van der Waals surface area contributed by atoms with Crippen LogP contribution in [0, 0.1) is 5.92 Å². The summed E-state index contributed by atoms with van der Waals surface area (Å²) in [6.45, 7) is 10.8. The van der Waals surface area contributed by atoms with Crippen molar-refractivity contribution in [3.63, 3.8) is 0 Å². The lowest BCUT2D eigenvalue weighted by Crippen LogP contribution is -2.60. The zero-order valence-corrected chi connectivity index (χ0v) is 17.9. The number of carbonyl (C=O) groups is 2. The highest BCUT2D eigenvalue weighted by Crippen LogP contribution is 2.38. The zero-order chi connectivity index (χ0) is 20.0. The van der Waals surface area contributed by atoms with E-state index in [4.69, 9.17) is 9.47 Å². The molecule has 1 saturated heterocycles. The van der Waals surface area contributed by atoms with Gasteiger partial charge in [0.15, 0.2) is 5.92 Å². The minimum atomic E-state index is -0.799. The van der Waals surface area contributed by atoms with E-state index in [1.807, 2.05) is 0 Å². The summed E-state index contributed by atoms with van der Waals surface area (Å²) in [4.78, 5) is 27.1. The quantitative estimate of drug-likeness (QED) is 0.344. The maximum absolute atomic E-state index is 12.7. The summed E-state index contributed by atoms with van der Waals surface area (Å²) in [5.41, 5.74) is -0.124. The minimum Gasteiger partial charge on any atom is -0.468 e. The number of unbranched alkanes of at least 4 members (excludes halogenated alkanes) is 4. The molecular weight excluding hydrogens is 330 g/mol. The van der Waals surface area contributed by atoms with Crippen LogP contribution in [-0.4, -0.2) is 48.2 Å². The molecule has 1 fully saturated rings. The molecule has 0 bridgehead atoms. The van der Waals surface area contributed by atoms with Gasteiger partial charge in [0.1, 0.15) is 6.10 Å². The van der Waals surface area contributed by atoms with E-state index in [1.54, 1.807) is 0 Å². The molecule has 1 aliphatic rings. The number of piperidine rings is 1. The van der Waals surface area contributed by atoms with E-state index in [9.17, 15) is 9.59 Å². The molecule has 0 saturated carbocycles. The highest BCUT2D eigenvalue weighted by Gasteiger charge is 2.45. The Labute approximate surface area is 159 Å². The molecule has 5 nitrogen and oxygen atoms in total. The highest BCUT2D eigenvalue weighted by atomic mass is 16.6. The number of carbonyl (C=O) groups excluding carboxylic acids is 2. The van der Waals surface area contributed by atoms with Gasteiger partial charge >= 0.3 is 11.9 Å². The van der Waals surface area contributed by atoms with Gasteiger partial charge in [-0.1, -0.05) is 39.0 Å². The van der Waals surface area contributed by atoms with Crippen LogP contribution in [0.25, 0.3) is 0 Å². The van der Waals surface area contributed by atoms with Crippen molar-refractivity contribution >= 4 is 11.9 Å².